The maximum absolute atomic E-state index is 10.0. The highest BCUT2D eigenvalue weighted by atomic mass is 16.4. The Bertz CT molecular complexity index is 222. The number of nitrogens with two attached hydrogens (primary N) is 1. The molecule has 0 aliphatic heterocycles. The van der Waals surface area contributed by atoms with Gasteiger partial charge >= 0.3 is 5.97 Å². The fourth-order valence-electron chi connectivity index (χ4n) is 1.76. The first kappa shape index (κ1) is 21.7. The fourth-order valence-corrected chi connectivity index (χ4v) is 1.76. The van der Waals surface area contributed by atoms with E-state index in [1.165, 1.54) is 38.5 Å². The van der Waals surface area contributed by atoms with Crippen molar-refractivity contribution in [3.05, 3.63) is 0 Å². The summed E-state index contributed by atoms with van der Waals surface area (Å²) in [5.41, 5.74) is 5.93. The number of carboxylic acid groups (broad SMARTS) is 1. The first-order valence-electron chi connectivity index (χ1n) is 8.26. The quantitative estimate of drug-likeness (QED) is 0.557. The van der Waals surface area contributed by atoms with Gasteiger partial charge in [-0.3, -0.25) is 4.79 Å². The molecule has 20 heavy (non-hydrogen) atoms. The molecule has 0 bridgehead atoms. The molecule has 3 nitrogen and oxygen atoms in total. The standard InChI is InChI=1S/C9H21N.C8H16O2/c1-5-6-7-8(2)9(3,4)10;1-2-3-4-5-6-7-8(9)10/h8H,5-7,10H2,1-4H3;2-7H2,1H3,(H,9,10). The smallest absolute Gasteiger partial charge is 0.303 e. The Labute approximate surface area is 126 Å². The van der Waals surface area contributed by atoms with Gasteiger partial charge in [-0.1, -0.05) is 59.3 Å². The van der Waals surface area contributed by atoms with Crippen molar-refractivity contribution in [3.8, 4) is 0 Å². The van der Waals surface area contributed by atoms with Crippen molar-refractivity contribution in [1.82, 2.24) is 0 Å². The molecule has 3 heteroatoms. The summed E-state index contributed by atoms with van der Waals surface area (Å²) >= 11 is 0. The summed E-state index contributed by atoms with van der Waals surface area (Å²) in [5.74, 6) is -0.0241. The summed E-state index contributed by atoms with van der Waals surface area (Å²) in [7, 11) is 0. The van der Waals surface area contributed by atoms with Crippen LogP contribution in [0.15, 0.2) is 0 Å². The molecule has 0 fully saturated rings. The Balaban J connectivity index is 0. The van der Waals surface area contributed by atoms with Gasteiger partial charge in [-0.15, -0.1) is 0 Å². The molecule has 0 spiro atoms. The first-order valence-corrected chi connectivity index (χ1v) is 8.26. The van der Waals surface area contributed by atoms with Crippen molar-refractivity contribution in [2.24, 2.45) is 11.7 Å². The number of carbonyl (C=O) groups is 1. The lowest BCUT2D eigenvalue weighted by Crippen LogP contribution is -2.39. The predicted molar refractivity (Wildman–Crippen MR) is 88.0 cm³/mol. The van der Waals surface area contributed by atoms with E-state index in [1.54, 1.807) is 0 Å². The lowest BCUT2D eigenvalue weighted by Gasteiger charge is -2.26. The van der Waals surface area contributed by atoms with Crippen LogP contribution in [-0.4, -0.2) is 16.6 Å². The van der Waals surface area contributed by atoms with Crippen molar-refractivity contribution in [3.63, 3.8) is 0 Å². The van der Waals surface area contributed by atoms with Gasteiger partial charge in [-0.2, -0.15) is 0 Å². The summed E-state index contributed by atoms with van der Waals surface area (Å²) in [6.07, 6.45) is 9.73. The zero-order valence-electron chi connectivity index (χ0n) is 14.4. The zero-order valence-corrected chi connectivity index (χ0v) is 14.4. The van der Waals surface area contributed by atoms with Crippen LogP contribution in [0.4, 0.5) is 0 Å². The molecule has 1 unspecified atom stereocenters. The molecule has 0 saturated heterocycles. The van der Waals surface area contributed by atoms with E-state index in [4.69, 9.17) is 10.8 Å². The van der Waals surface area contributed by atoms with Gasteiger partial charge in [0.1, 0.15) is 0 Å². The normalized spacial score (nSPS) is 12.5. The van der Waals surface area contributed by atoms with Crippen LogP contribution in [0.2, 0.25) is 0 Å². The number of aliphatic carboxylic acids is 1. The van der Waals surface area contributed by atoms with Crippen molar-refractivity contribution in [2.45, 2.75) is 97.9 Å². The van der Waals surface area contributed by atoms with Crippen molar-refractivity contribution in [2.75, 3.05) is 0 Å². The lowest BCUT2D eigenvalue weighted by molar-refractivity contribution is -0.137. The van der Waals surface area contributed by atoms with E-state index in [0.29, 0.717) is 12.3 Å². The Hall–Kier alpha value is -0.570. The van der Waals surface area contributed by atoms with Crippen molar-refractivity contribution < 1.29 is 9.90 Å². The third kappa shape index (κ3) is 17.4. The van der Waals surface area contributed by atoms with E-state index >= 15 is 0 Å². The van der Waals surface area contributed by atoms with Crippen LogP contribution < -0.4 is 5.73 Å². The van der Waals surface area contributed by atoms with Crippen LogP contribution in [-0.2, 0) is 4.79 Å². The second kappa shape index (κ2) is 13.4. The summed E-state index contributed by atoms with van der Waals surface area (Å²) in [4.78, 5) is 10.0. The fraction of sp³-hybridized carbons (Fsp3) is 0.941. The molecule has 0 amide bonds. The second-order valence-corrected chi connectivity index (χ2v) is 6.42. The Morgan fingerprint density at radius 1 is 1.05 bits per heavy atom. The number of rotatable bonds is 10. The molecule has 0 heterocycles. The van der Waals surface area contributed by atoms with Crippen LogP contribution in [0.1, 0.15) is 92.4 Å². The molecule has 0 aliphatic rings. The van der Waals surface area contributed by atoms with E-state index in [0.717, 1.165) is 12.8 Å². The molecule has 3 N–H and O–H groups in total. The molecular formula is C17H37NO2. The molecule has 0 saturated carbocycles. The van der Waals surface area contributed by atoms with Crippen LogP contribution in [0.5, 0.6) is 0 Å². The Morgan fingerprint density at radius 3 is 1.95 bits per heavy atom. The maximum atomic E-state index is 10.0. The minimum absolute atomic E-state index is 0.00910. The predicted octanol–water partition coefficient (Wildman–Crippen LogP) is 4.98. The number of unbranched alkanes of at least 4 members (excludes halogenated alkanes) is 5. The molecule has 1 atom stereocenters. The molecule has 0 rings (SSSR count). The van der Waals surface area contributed by atoms with E-state index in [2.05, 4.69) is 34.6 Å². The molecular weight excluding hydrogens is 250 g/mol. The average molecular weight is 287 g/mol. The number of hydrogen-bond donors (Lipinski definition) is 2. The highest BCUT2D eigenvalue weighted by Crippen LogP contribution is 2.18. The minimum atomic E-state index is -0.670. The monoisotopic (exact) mass is 287 g/mol. The van der Waals surface area contributed by atoms with Gasteiger partial charge in [0.15, 0.2) is 0 Å². The van der Waals surface area contributed by atoms with Crippen LogP contribution in [0, 0.1) is 5.92 Å². The molecule has 0 aromatic rings. The highest BCUT2D eigenvalue weighted by molar-refractivity contribution is 5.66. The van der Waals surface area contributed by atoms with Gasteiger partial charge < -0.3 is 10.8 Å². The van der Waals surface area contributed by atoms with Gasteiger partial charge in [0.2, 0.25) is 0 Å². The summed E-state index contributed by atoms with van der Waals surface area (Å²) in [5, 5.41) is 8.27. The second-order valence-electron chi connectivity index (χ2n) is 6.42. The third-order valence-electron chi connectivity index (χ3n) is 3.76. The van der Waals surface area contributed by atoms with Crippen LogP contribution in [0.3, 0.4) is 0 Å². The molecule has 0 aliphatic carbocycles. The van der Waals surface area contributed by atoms with Crippen LogP contribution >= 0.6 is 0 Å². The lowest BCUT2D eigenvalue weighted by atomic mass is 9.86. The van der Waals surface area contributed by atoms with Gasteiger partial charge in [0.25, 0.3) is 0 Å². The molecule has 0 aromatic carbocycles. The summed E-state index contributed by atoms with van der Waals surface area (Å²) < 4.78 is 0. The van der Waals surface area contributed by atoms with E-state index in [1.807, 2.05) is 0 Å². The zero-order chi connectivity index (χ0) is 16.0. The van der Waals surface area contributed by atoms with E-state index in [-0.39, 0.29) is 5.54 Å². The van der Waals surface area contributed by atoms with Crippen LogP contribution in [0.25, 0.3) is 0 Å². The van der Waals surface area contributed by atoms with Gasteiger partial charge in [0, 0.05) is 12.0 Å². The molecule has 122 valence electrons. The topological polar surface area (TPSA) is 63.3 Å². The Kier molecular flexibility index (Phi) is 14.6. The van der Waals surface area contributed by atoms with Gasteiger partial charge in [0.05, 0.1) is 0 Å². The van der Waals surface area contributed by atoms with Gasteiger partial charge in [-0.05, 0) is 32.6 Å². The first-order chi connectivity index (χ1) is 9.25. The SMILES string of the molecule is CCCCC(C)C(C)(C)N.CCCCCCCC(=O)O. The Morgan fingerprint density at radius 2 is 1.55 bits per heavy atom. The minimum Gasteiger partial charge on any atom is -0.481 e. The largest absolute Gasteiger partial charge is 0.481 e. The molecule has 0 radical (unpaired) electrons. The highest BCUT2D eigenvalue weighted by Gasteiger charge is 2.18. The summed E-state index contributed by atoms with van der Waals surface area (Å²) in [6, 6.07) is 0. The average Bonchev–Trinajstić information content (AvgIpc) is 2.35. The van der Waals surface area contributed by atoms with Crippen molar-refractivity contribution in [1.29, 1.82) is 0 Å². The number of carboxylic acids is 1. The summed E-state index contributed by atoms with van der Waals surface area (Å²) in [6.45, 7) is 10.8. The van der Waals surface area contributed by atoms with Gasteiger partial charge in [-0.25, -0.2) is 0 Å². The van der Waals surface area contributed by atoms with E-state index in [9.17, 15) is 4.79 Å². The maximum Gasteiger partial charge on any atom is 0.303 e. The van der Waals surface area contributed by atoms with E-state index < -0.39 is 5.97 Å². The molecule has 0 aromatic heterocycles. The number of hydrogen-bond acceptors (Lipinski definition) is 2. The third-order valence-corrected chi connectivity index (χ3v) is 3.76. The van der Waals surface area contributed by atoms with Crippen molar-refractivity contribution >= 4 is 5.97 Å².